The summed E-state index contributed by atoms with van der Waals surface area (Å²) >= 11 is 10.9. The van der Waals surface area contributed by atoms with E-state index in [1.54, 1.807) is 6.92 Å². The van der Waals surface area contributed by atoms with Gasteiger partial charge in [0.25, 0.3) is 0 Å². The highest BCUT2D eigenvalue weighted by molar-refractivity contribution is 6.49. The normalized spacial score (nSPS) is 10.6. The van der Waals surface area contributed by atoms with Gasteiger partial charge in [0.05, 0.1) is 19.6 Å². The fourth-order valence-corrected chi connectivity index (χ4v) is 1.37. The van der Waals surface area contributed by atoms with Crippen LogP contribution in [0.4, 0.5) is 0 Å². The first-order valence-electron chi connectivity index (χ1n) is 6.57. The van der Waals surface area contributed by atoms with Crippen LogP contribution in [-0.4, -0.2) is 28.6 Å². The summed E-state index contributed by atoms with van der Waals surface area (Å²) in [5, 5.41) is 8.54. The van der Waals surface area contributed by atoms with E-state index < -0.39 is 16.9 Å². The van der Waals surface area contributed by atoms with Crippen molar-refractivity contribution in [1.29, 1.82) is 0 Å². The summed E-state index contributed by atoms with van der Waals surface area (Å²) in [6.07, 6.45) is 6.81. The highest BCUT2D eigenvalue weighted by atomic mass is 35.5. The number of rotatable bonds is 8. The molecule has 1 N–H and O–H groups in total. The Kier molecular flexibility index (Phi) is 15.2. The lowest BCUT2D eigenvalue weighted by molar-refractivity contribution is -0.143. The summed E-state index contributed by atoms with van der Waals surface area (Å²) in [6, 6.07) is 0. The highest BCUT2D eigenvalue weighted by Crippen LogP contribution is 2.24. The first-order valence-corrected chi connectivity index (χ1v) is 7.33. The fourth-order valence-electron chi connectivity index (χ4n) is 1.16. The molecule has 0 aromatic carbocycles. The summed E-state index contributed by atoms with van der Waals surface area (Å²) in [5.41, 5.74) is 0. The Morgan fingerprint density at radius 1 is 1.11 bits per heavy atom. The SMILES string of the molecule is CCCCCCC.CCOC(=O)CC(Cl)(Cl)CO. The lowest BCUT2D eigenvalue weighted by Gasteiger charge is -2.14. The van der Waals surface area contributed by atoms with Gasteiger partial charge in [0.15, 0.2) is 4.33 Å². The van der Waals surface area contributed by atoms with Gasteiger partial charge in [-0.15, -0.1) is 0 Å². The summed E-state index contributed by atoms with van der Waals surface area (Å²) < 4.78 is 3.15. The smallest absolute Gasteiger partial charge is 0.308 e. The maximum Gasteiger partial charge on any atom is 0.308 e. The first-order chi connectivity index (χ1) is 8.43. The number of hydrogen-bond donors (Lipinski definition) is 1. The van der Waals surface area contributed by atoms with Crippen LogP contribution in [0.15, 0.2) is 0 Å². The summed E-state index contributed by atoms with van der Waals surface area (Å²) in [5.74, 6) is -0.508. The number of carbonyl (C=O) groups is 1. The molecular weight excluding hydrogens is 275 g/mol. The Hall–Kier alpha value is 0.01000. The summed E-state index contributed by atoms with van der Waals surface area (Å²) in [7, 11) is 0. The van der Waals surface area contributed by atoms with Crippen molar-refractivity contribution in [3.63, 3.8) is 0 Å². The van der Waals surface area contributed by atoms with E-state index in [0.29, 0.717) is 0 Å². The number of ether oxygens (including phenoxy) is 1. The van der Waals surface area contributed by atoms with E-state index in [2.05, 4.69) is 18.6 Å². The standard InChI is InChI=1S/C7H16.C6H10Cl2O3/c1-3-5-7-6-4-2;1-2-11-5(10)3-6(7,8)4-9/h3-7H2,1-2H3;9H,2-4H2,1H3. The third-order valence-electron chi connectivity index (χ3n) is 2.15. The Bertz CT molecular complexity index is 193. The zero-order valence-corrected chi connectivity index (χ0v) is 13.2. The van der Waals surface area contributed by atoms with Gasteiger partial charge < -0.3 is 9.84 Å². The molecule has 110 valence electrons. The van der Waals surface area contributed by atoms with E-state index in [4.69, 9.17) is 28.3 Å². The lowest BCUT2D eigenvalue weighted by atomic mass is 10.2. The van der Waals surface area contributed by atoms with Gasteiger partial charge in [0.1, 0.15) is 0 Å². The third-order valence-corrected chi connectivity index (χ3v) is 2.65. The predicted molar refractivity (Wildman–Crippen MR) is 77.2 cm³/mol. The Labute approximate surface area is 121 Å². The minimum absolute atomic E-state index is 0.194. The molecule has 0 heterocycles. The molecule has 18 heavy (non-hydrogen) atoms. The van der Waals surface area contributed by atoms with Crippen LogP contribution in [0, 0.1) is 0 Å². The van der Waals surface area contributed by atoms with Crippen molar-refractivity contribution in [1.82, 2.24) is 0 Å². The number of alkyl halides is 2. The molecule has 0 atom stereocenters. The van der Waals surface area contributed by atoms with E-state index >= 15 is 0 Å². The molecule has 0 aromatic rings. The molecule has 0 aliphatic carbocycles. The minimum atomic E-state index is -1.41. The van der Waals surface area contributed by atoms with Gasteiger partial charge in [-0.3, -0.25) is 4.79 Å². The zero-order valence-electron chi connectivity index (χ0n) is 11.7. The Balaban J connectivity index is 0. The van der Waals surface area contributed by atoms with Gasteiger partial charge in [-0.25, -0.2) is 0 Å². The monoisotopic (exact) mass is 300 g/mol. The van der Waals surface area contributed by atoms with Crippen LogP contribution in [0.1, 0.15) is 59.3 Å². The number of aliphatic hydroxyl groups excluding tert-OH is 1. The van der Waals surface area contributed by atoms with Gasteiger partial charge in [0.2, 0.25) is 0 Å². The summed E-state index contributed by atoms with van der Waals surface area (Å²) in [4.78, 5) is 10.7. The average Bonchev–Trinajstić information content (AvgIpc) is 2.30. The molecule has 0 aliphatic rings. The molecular formula is C13H26Cl2O3. The third kappa shape index (κ3) is 16.0. The van der Waals surface area contributed by atoms with Crippen molar-refractivity contribution in [2.24, 2.45) is 0 Å². The van der Waals surface area contributed by atoms with Crippen molar-refractivity contribution in [2.45, 2.75) is 63.6 Å². The average molecular weight is 301 g/mol. The van der Waals surface area contributed by atoms with Crippen molar-refractivity contribution in [2.75, 3.05) is 13.2 Å². The number of carbonyl (C=O) groups excluding carboxylic acids is 1. The maximum absolute atomic E-state index is 10.7. The van der Waals surface area contributed by atoms with E-state index in [0.717, 1.165) is 0 Å². The van der Waals surface area contributed by atoms with E-state index in [9.17, 15) is 4.79 Å². The van der Waals surface area contributed by atoms with Gasteiger partial charge in [-0.05, 0) is 6.92 Å². The van der Waals surface area contributed by atoms with Crippen molar-refractivity contribution >= 4 is 29.2 Å². The van der Waals surface area contributed by atoms with Crippen LogP contribution < -0.4 is 0 Å². The predicted octanol–water partition coefficient (Wildman–Crippen LogP) is 4.08. The summed E-state index contributed by atoms with van der Waals surface area (Å²) in [6.45, 7) is 6.00. The first kappa shape index (κ1) is 20.3. The number of hydrogen-bond acceptors (Lipinski definition) is 3. The number of esters is 1. The van der Waals surface area contributed by atoms with E-state index in [1.807, 2.05) is 0 Å². The molecule has 0 bridgehead atoms. The van der Waals surface area contributed by atoms with E-state index in [1.165, 1.54) is 32.1 Å². The lowest BCUT2D eigenvalue weighted by Crippen LogP contribution is -2.24. The second-order valence-corrected chi connectivity index (χ2v) is 5.70. The molecule has 0 fully saturated rings. The second-order valence-electron chi connectivity index (χ2n) is 4.06. The molecule has 0 unspecified atom stereocenters. The fraction of sp³-hybridized carbons (Fsp3) is 0.923. The Morgan fingerprint density at radius 3 is 1.94 bits per heavy atom. The topological polar surface area (TPSA) is 46.5 Å². The van der Waals surface area contributed by atoms with Crippen LogP contribution in [0.5, 0.6) is 0 Å². The number of aliphatic hydroxyl groups is 1. The molecule has 0 radical (unpaired) electrons. The molecule has 0 aliphatic heterocycles. The second kappa shape index (κ2) is 13.4. The Morgan fingerprint density at radius 2 is 1.61 bits per heavy atom. The van der Waals surface area contributed by atoms with Gasteiger partial charge in [0, 0.05) is 0 Å². The van der Waals surface area contributed by atoms with Crippen LogP contribution in [0.2, 0.25) is 0 Å². The van der Waals surface area contributed by atoms with Gasteiger partial charge in [-0.1, -0.05) is 69.2 Å². The van der Waals surface area contributed by atoms with E-state index in [-0.39, 0.29) is 13.0 Å². The molecule has 0 saturated carbocycles. The van der Waals surface area contributed by atoms with Gasteiger partial charge >= 0.3 is 5.97 Å². The zero-order chi connectivity index (χ0) is 14.4. The largest absolute Gasteiger partial charge is 0.466 e. The molecule has 0 spiro atoms. The van der Waals surface area contributed by atoms with Crippen molar-refractivity contribution in [3.8, 4) is 0 Å². The van der Waals surface area contributed by atoms with Crippen molar-refractivity contribution in [3.05, 3.63) is 0 Å². The molecule has 0 amide bonds. The van der Waals surface area contributed by atoms with Crippen LogP contribution >= 0.6 is 23.2 Å². The molecule has 0 aromatic heterocycles. The van der Waals surface area contributed by atoms with Gasteiger partial charge in [-0.2, -0.15) is 0 Å². The molecule has 3 nitrogen and oxygen atoms in total. The molecule has 0 saturated heterocycles. The van der Waals surface area contributed by atoms with Crippen LogP contribution in [-0.2, 0) is 9.53 Å². The van der Waals surface area contributed by atoms with Crippen LogP contribution in [0.3, 0.4) is 0 Å². The van der Waals surface area contributed by atoms with Crippen molar-refractivity contribution < 1.29 is 14.6 Å². The quantitative estimate of drug-likeness (QED) is 0.417. The molecule has 0 rings (SSSR count). The van der Waals surface area contributed by atoms with Crippen LogP contribution in [0.25, 0.3) is 0 Å². The highest BCUT2D eigenvalue weighted by Gasteiger charge is 2.27. The minimum Gasteiger partial charge on any atom is -0.466 e. The number of halogens is 2. The maximum atomic E-state index is 10.7. The molecule has 5 heteroatoms. The number of unbranched alkanes of at least 4 members (excludes halogenated alkanes) is 4.